The number of hydrogen-bond donors (Lipinski definition) is 1. The van der Waals surface area contributed by atoms with E-state index in [-0.39, 0.29) is 11.8 Å². The van der Waals surface area contributed by atoms with Crippen LogP contribution in [0.5, 0.6) is 0 Å². The molecule has 0 radical (unpaired) electrons. The minimum atomic E-state index is -0.403. The molecule has 0 aromatic rings. The fourth-order valence-corrected chi connectivity index (χ4v) is 6.45. The Morgan fingerprint density at radius 1 is 1.28 bits per heavy atom. The molecular formula is C19H29N3O2S. The lowest BCUT2D eigenvalue weighted by atomic mass is 9.87. The highest BCUT2D eigenvalue weighted by molar-refractivity contribution is 8.16. The second-order valence-corrected chi connectivity index (χ2v) is 10.1. The van der Waals surface area contributed by atoms with E-state index in [9.17, 15) is 9.59 Å². The van der Waals surface area contributed by atoms with Gasteiger partial charge in [0.25, 0.3) is 0 Å². The number of aliphatic imine (C=N–C) groups is 1. The Hall–Kier alpha value is -1.04. The third-order valence-corrected chi connectivity index (χ3v) is 7.95. The summed E-state index contributed by atoms with van der Waals surface area (Å²) in [5.41, 5.74) is 0. The molecule has 2 amide bonds. The first-order chi connectivity index (χ1) is 11.9. The lowest BCUT2D eigenvalue weighted by Gasteiger charge is -2.34. The number of fused-ring (bicyclic) bond motifs is 2. The lowest BCUT2D eigenvalue weighted by molar-refractivity contribution is -0.130. The van der Waals surface area contributed by atoms with Gasteiger partial charge in [-0.25, -0.2) is 0 Å². The topological polar surface area (TPSA) is 61.8 Å². The first-order valence-electron chi connectivity index (χ1n) is 9.77. The number of rotatable bonds is 3. The van der Waals surface area contributed by atoms with Gasteiger partial charge < -0.3 is 10.2 Å². The molecule has 2 saturated heterocycles. The second-order valence-electron chi connectivity index (χ2n) is 8.62. The molecular weight excluding hydrogens is 334 g/mol. The molecule has 138 valence electrons. The van der Waals surface area contributed by atoms with E-state index in [0.29, 0.717) is 12.0 Å². The Morgan fingerprint density at radius 2 is 2.04 bits per heavy atom. The van der Waals surface area contributed by atoms with Gasteiger partial charge in [0.2, 0.25) is 11.8 Å². The molecule has 2 bridgehead atoms. The zero-order valence-electron chi connectivity index (χ0n) is 15.3. The Balaban J connectivity index is 1.35. The highest BCUT2D eigenvalue weighted by atomic mass is 32.2. The average Bonchev–Trinajstić information content (AvgIpc) is 3.24. The summed E-state index contributed by atoms with van der Waals surface area (Å²) < 4.78 is -0.403. The number of piperidine rings is 1. The molecule has 4 aliphatic rings. The lowest BCUT2D eigenvalue weighted by Crippen LogP contribution is -2.41. The van der Waals surface area contributed by atoms with E-state index in [4.69, 9.17) is 4.99 Å². The second kappa shape index (κ2) is 6.60. The van der Waals surface area contributed by atoms with Crippen LogP contribution in [0.4, 0.5) is 0 Å². The van der Waals surface area contributed by atoms with Crippen molar-refractivity contribution in [2.75, 3.05) is 13.1 Å². The van der Waals surface area contributed by atoms with Crippen molar-refractivity contribution in [3.63, 3.8) is 0 Å². The van der Waals surface area contributed by atoms with Gasteiger partial charge in [0, 0.05) is 20.0 Å². The van der Waals surface area contributed by atoms with Crippen LogP contribution in [-0.4, -0.2) is 45.8 Å². The normalized spacial score (nSPS) is 40.1. The fourth-order valence-electron chi connectivity index (χ4n) is 5.23. The summed E-state index contributed by atoms with van der Waals surface area (Å²) in [5, 5.41) is 3.91. The first kappa shape index (κ1) is 17.4. The van der Waals surface area contributed by atoms with Crippen LogP contribution in [0, 0.1) is 17.8 Å². The summed E-state index contributed by atoms with van der Waals surface area (Å²) >= 11 is 1.64. The number of hydrogen-bond acceptors (Lipinski definition) is 4. The van der Waals surface area contributed by atoms with Gasteiger partial charge in [-0.3, -0.25) is 14.6 Å². The number of nitrogens with one attached hydrogen (secondary N) is 1. The largest absolute Gasteiger partial charge is 0.343 e. The van der Waals surface area contributed by atoms with Crippen molar-refractivity contribution in [3.8, 4) is 0 Å². The number of carbonyl (C=O) groups is 2. The molecule has 5 nitrogen and oxygen atoms in total. The maximum absolute atomic E-state index is 12.6. The van der Waals surface area contributed by atoms with Gasteiger partial charge >= 0.3 is 0 Å². The Labute approximate surface area is 154 Å². The van der Waals surface area contributed by atoms with Gasteiger partial charge in [-0.2, -0.15) is 0 Å². The van der Waals surface area contributed by atoms with Gasteiger partial charge in [-0.05, 0) is 63.2 Å². The summed E-state index contributed by atoms with van der Waals surface area (Å²) in [4.78, 5) is 30.9. The number of thioether (sulfide) groups is 1. The maximum atomic E-state index is 12.6. The van der Waals surface area contributed by atoms with E-state index in [1.54, 1.807) is 18.7 Å². The zero-order chi connectivity index (χ0) is 17.6. The van der Waals surface area contributed by atoms with Gasteiger partial charge in [0.1, 0.15) is 0 Å². The molecule has 2 heterocycles. The van der Waals surface area contributed by atoms with Gasteiger partial charge in [-0.1, -0.05) is 18.2 Å². The predicted octanol–water partition coefficient (Wildman–Crippen LogP) is 2.80. The average molecular weight is 364 g/mol. The SMILES string of the molecule is CC(=O)N1CCC(C[C@]2(C)SC(=N[C@@H]3C[C@H]4CC[C@@H]3C4)NC2=O)CC1. The van der Waals surface area contributed by atoms with Crippen molar-refractivity contribution in [2.24, 2.45) is 22.7 Å². The van der Waals surface area contributed by atoms with Crippen molar-refractivity contribution >= 4 is 28.7 Å². The number of likely N-dealkylation sites (tertiary alicyclic amines) is 1. The van der Waals surface area contributed by atoms with E-state index in [2.05, 4.69) is 12.2 Å². The monoisotopic (exact) mass is 363 g/mol. The molecule has 2 saturated carbocycles. The van der Waals surface area contributed by atoms with Crippen molar-refractivity contribution in [1.29, 1.82) is 0 Å². The van der Waals surface area contributed by atoms with Crippen molar-refractivity contribution in [1.82, 2.24) is 10.2 Å². The number of carbonyl (C=O) groups excluding carboxylic acids is 2. The zero-order valence-corrected chi connectivity index (χ0v) is 16.1. The van der Waals surface area contributed by atoms with Crippen LogP contribution in [0.1, 0.15) is 58.8 Å². The summed E-state index contributed by atoms with van der Waals surface area (Å²) in [7, 11) is 0. The predicted molar refractivity (Wildman–Crippen MR) is 100 cm³/mol. The molecule has 6 heteroatoms. The molecule has 0 aromatic carbocycles. The van der Waals surface area contributed by atoms with Crippen LogP contribution in [0.15, 0.2) is 4.99 Å². The molecule has 0 unspecified atom stereocenters. The highest BCUT2D eigenvalue weighted by Gasteiger charge is 2.46. The van der Waals surface area contributed by atoms with E-state index < -0.39 is 4.75 Å². The van der Waals surface area contributed by atoms with E-state index in [1.165, 1.54) is 25.7 Å². The standard InChI is InChI=1S/C19H29N3O2S/c1-12(23)22-7-5-13(6-8-22)11-19(2)17(24)21-18(25-19)20-16-10-14-3-4-15(16)9-14/h13-16H,3-11H2,1-2H3,(H,20,21,24)/t14-,15+,16+,19-/m0/s1. The summed E-state index contributed by atoms with van der Waals surface area (Å²) in [6, 6.07) is 0.433. The van der Waals surface area contributed by atoms with Gasteiger partial charge in [0.05, 0.1) is 10.8 Å². The molecule has 2 aliphatic heterocycles. The molecule has 0 aromatic heterocycles. The molecule has 4 rings (SSSR count). The van der Waals surface area contributed by atoms with Crippen LogP contribution in [0.2, 0.25) is 0 Å². The Morgan fingerprint density at radius 3 is 2.64 bits per heavy atom. The van der Waals surface area contributed by atoms with Crippen molar-refractivity contribution in [2.45, 2.75) is 69.6 Å². The minimum absolute atomic E-state index is 0.119. The van der Waals surface area contributed by atoms with Crippen LogP contribution in [-0.2, 0) is 9.59 Å². The van der Waals surface area contributed by atoms with Crippen LogP contribution in [0.3, 0.4) is 0 Å². The molecule has 1 N–H and O–H groups in total. The van der Waals surface area contributed by atoms with Crippen LogP contribution >= 0.6 is 11.8 Å². The Bertz CT molecular complexity index is 599. The summed E-state index contributed by atoms with van der Waals surface area (Å²) in [6.45, 7) is 5.36. The quantitative estimate of drug-likeness (QED) is 0.839. The fraction of sp³-hybridized carbons (Fsp3) is 0.842. The number of amidine groups is 1. The third kappa shape index (κ3) is 3.46. The van der Waals surface area contributed by atoms with E-state index in [0.717, 1.165) is 49.4 Å². The highest BCUT2D eigenvalue weighted by Crippen LogP contribution is 2.47. The molecule has 4 atom stereocenters. The van der Waals surface area contributed by atoms with E-state index >= 15 is 0 Å². The van der Waals surface area contributed by atoms with Gasteiger partial charge in [-0.15, -0.1) is 0 Å². The molecule has 4 fully saturated rings. The summed E-state index contributed by atoms with van der Waals surface area (Å²) in [6.07, 6.45) is 8.13. The van der Waals surface area contributed by atoms with Crippen LogP contribution < -0.4 is 5.32 Å². The first-order valence-corrected chi connectivity index (χ1v) is 10.6. The van der Waals surface area contributed by atoms with Crippen molar-refractivity contribution < 1.29 is 9.59 Å². The van der Waals surface area contributed by atoms with E-state index in [1.807, 2.05) is 4.90 Å². The third-order valence-electron chi connectivity index (χ3n) is 6.74. The molecule has 25 heavy (non-hydrogen) atoms. The number of nitrogens with zero attached hydrogens (tertiary/aromatic N) is 2. The van der Waals surface area contributed by atoms with Gasteiger partial charge in [0.15, 0.2) is 5.17 Å². The molecule has 2 aliphatic carbocycles. The van der Waals surface area contributed by atoms with Crippen molar-refractivity contribution in [3.05, 3.63) is 0 Å². The molecule has 0 spiro atoms. The minimum Gasteiger partial charge on any atom is -0.343 e. The Kier molecular flexibility index (Phi) is 4.59. The summed E-state index contributed by atoms with van der Waals surface area (Å²) in [5.74, 6) is 2.42. The van der Waals surface area contributed by atoms with Crippen LogP contribution in [0.25, 0.3) is 0 Å². The smallest absolute Gasteiger partial charge is 0.242 e. The maximum Gasteiger partial charge on any atom is 0.242 e. The number of amides is 2.